The minimum atomic E-state index is -1.45. The van der Waals surface area contributed by atoms with Crippen molar-refractivity contribution in [1.29, 1.82) is 0 Å². The molecule has 0 aliphatic carbocycles. The summed E-state index contributed by atoms with van der Waals surface area (Å²) in [6, 6.07) is 6.44. The largest absolute Gasteiger partial charge is 0.480 e. The Kier molecular flexibility index (Phi) is 24.0. The Balaban J connectivity index is 1.55. The van der Waals surface area contributed by atoms with Gasteiger partial charge in [-0.05, 0) is 42.2 Å². The molecule has 21 heteroatoms. The Morgan fingerprint density at radius 1 is 0.765 bits per heavy atom. The topological polar surface area (TPSA) is 241 Å². The number of piperidine rings is 1. The number of carboxylic acids is 2. The van der Waals surface area contributed by atoms with Crippen LogP contribution in [0.4, 0.5) is 0 Å². The molecule has 1 spiro atoms. The first-order valence-electron chi connectivity index (χ1n) is 24.0. The second-order valence-corrected chi connectivity index (χ2v) is 20.8. The van der Waals surface area contributed by atoms with Gasteiger partial charge in [0, 0.05) is 101 Å². The number of hydrogen-bond donors (Lipinski definition) is 6. The number of aldehydes is 1. The quantitative estimate of drug-likeness (QED) is 0.159. The number of carbonyl (C=O) groups excluding carboxylic acids is 6. The van der Waals surface area contributed by atoms with Crippen LogP contribution in [-0.2, 0) is 49.9 Å². The van der Waals surface area contributed by atoms with Gasteiger partial charge in [0.1, 0.15) is 23.9 Å². The third-order valence-electron chi connectivity index (χ3n) is 12.8. The molecule has 68 heavy (non-hydrogen) atoms. The molecule has 4 rings (SSSR count). The van der Waals surface area contributed by atoms with Gasteiger partial charge in [-0.3, -0.25) is 53.2 Å². The van der Waals surface area contributed by atoms with Gasteiger partial charge in [0.05, 0.1) is 26.2 Å². The standard InChI is InChI=1S/C47H75N9O10S2/c1-5-35(4)43-45(65)48-12-26-68-33-37-8-6-7-36(28-37)32-67-25-9-39(58)51-47(46(66)49-38(27-34(2)3)44(64)50-43)10-13-56(14-11-47)40(59)29-53-17-15-52(23-24-57)16-18-54(30-41(60)61)21-22-55(20-19-53)31-42(62)63/h6-8,24,28,34-35,38,43H,5,9-23,25-27,29-33H2,1-4H3,(H,48,65)(H,49,66)(H,50,64)(H,51,58)(H,60,61)(H,62,63)/t35-,38-,43-/m0/s1. The monoisotopic (exact) mass is 990 g/mol. The average molecular weight is 990 g/mol. The minimum Gasteiger partial charge on any atom is -0.480 e. The van der Waals surface area contributed by atoms with Crippen molar-refractivity contribution in [2.75, 3.05) is 110 Å². The number of aliphatic carboxylic acids is 2. The molecule has 0 saturated carbocycles. The molecule has 0 aromatic heterocycles. The van der Waals surface area contributed by atoms with E-state index in [1.54, 1.807) is 38.2 Å². The van der Waals surface area contributed by atoms with Crippen LogP contribution >= 0.6 is 23.5 Å². The minimum absolute atomic E-state index is 0.0155. The third kappa shape index (κ3) is 19.3. The molecule has 1 aromatic rings. The van der Waals surface area contributed by atoms with Crippen molar-refractivity contribution in [2.45, 2.75) is 88.9 Å². The number of hydrogen-bond acceptors (Lipinski definition) is 14. The Morgan fingerprint density at radius 2 is 1.31 bits per heavy atom. The van der Waals surface area contributed by atoms with Gasteiger partial charge in [-0.15, -0.1) is 0 Å². The van der Waals surface area contributed by atoms with Crippen LogP contribution in [0.15, 0.2) is 24.3 Å². The molecule has 3 aliphatic heterocycles. The summed E-state index contributed by atoms with van der Waals surface area (Å²) in [6.45, 7) is 10.7. The Labute approximate surface area is 410 Å². The first kappa shape index (κ1) is 56.3. The average Bonchev–Trinajstić information content (AvgIpc) is 3.29. The summed E-state index contributed by atoms with van der Waals surface area (Å²) in [5.41, 5.74) is 0.847. The van der Waals surface area contributed by atoms with E-state index in [2.05, 4.69) is 39.5 Å². The zero-order chi connectivity index (χ0) is 49.6. The lowest BCUT2D eigenvalue weighted by molar-refractivity contribution is -0.142. The van der Waals surface area contributed by atoms with Crippen LogP contribution in [-0.4, -0.2) is 210 Å². The molecular formula is C47H75N9O10S2. The number of rotatable bonds is 12. The van der Waals surface area contributed by atoms with Crippen LogP contribution in [0.2, 0.25) is 0 Å². The van der Waals surface area contributed by atoms with E-state index in [0.29, 0.717) is 76.0 Å². The van der Waals surface area contributed by atoms with Gasteiger partial charge in [-0.2, -0.15) is 23.5 Å². The molecule has 2 fully saturated rings. The number of carboxylic acid groups (broad SMARTS) is 2. The van der Waals surface area contributed by atoms with Crippen LogP contribution in [0.5, 0.6) is 0 Å². The second kappa shape index (κ2) is 29.0. The van der Waals surface area contributed by atoms with E-state index >= 15 is 0 Å². The molecule has 19 nitrogen and oxygen atoms in total. The van der Waals surface area contributed by atoms with Crippen molar-refractivity contribution in [1.82, 2.24) is 45.8 Å². The first-order valence-corrected chi connectivity index (χ1v) is 26.3. The molecule has 0 radical (unpaired) electrons. The number of benzene rings is 1. The number of likely N-dealkylation sites (tertiary alicyclic amines) is 1. The third-order valence-corrected chi connectivity index (χ3v) is 14.9. The summed E-state index contributed by atoms with van der Waals surface area (Å²) in [5.74, 6) is -1.46. The molecule has 6 N–H and O–H groups in total. The highest BCUT2D eigenvalue weighted by atomic mass is 32.2. The summed E-state index contributed by atoms with van der Waals surface area (Å²) in [7, 11) is 0. The van der Waals surface area contributed by atoms with Crippen molar-refractivity contribution >= 4 is 71.3 Å². The normalized spacial score (nSPS) is 23.0. The molecule has 1 aromatic carbocycles. The number of amides is 5. The predicted molar refractivity (Wildman–Crippen MR) is 263 cm³/mol. The van der Waals surface area contributed by atoms with Gasteiger partial charge in [-0.1, -0.05) is 58.4 Å². The van der Waals surface area contributed by atoms with E-state index in [-0.39, 0.29) is 101 Å². The smallest absolute Gasteiger partial charge is 0.317 e. The zero-order valence-corrected chi connectivity index (χ0v) is 42.0. The van der Waals surface area contributed by atoms with E-state index in [1.807, 2.05) is 43.6 Å². The summed E-state index contributed by atoms with van der Waals surface area (Å²) < 4.78 is 0. The second-order valence-electron chi connectivity index (χ2n) is 18.6. The van der Waals surface area contributed by atoms with E-state index < -0.39 is 41.4 Å². The number of nitrogens with zero attached hydrogens (tertiary/aromatic N) is 5. The lowest BCUT2D eigenvalue weighted by atomic mass is 9.85. The number of fused-ring (bicyclic) bond motifs is 2. The summed E-state index contributed by atoms with van der Waals surface area (Å²) >= 11 is 3.32. The van der Waals surface area contributed by atoms with Crippen molar-refractivity contribution in [3.05, 3.63) is 35.4 Å². The zero-order valence-electron chi connectivity index (χ0n) is 40.4. The molecule has 380 valence electrons. The van der Waals surface area contributed by atoms with Crippen LogP contribution in [0.25, 0.3) is 0 Å². The molecule has 2 bridgehead atoms. The van der Waals surface area contributed by atoms with E-state index in [1.165, 1.54) is 0 Å². The predicted octanol–water partition coefficient (Wildman–Crippen LogP) is 0.802. The van der Waals surface area contributed by atoms with Crippen molar-refractivity contribution in [2.24, 2.45) is 11.8 Å². The van der Waals surface area contributed by atoms with Crippen molar-refractivity contribution < 1.29 is 48.6 Å². The van der Waals surface area contributed by atoms with Gasteiger partial charge >= 0.3 is 11.9 Å². The van der Waals surface area contributed by atoms with Crippen LogP contribution < -0.4 is 21.3 Å². The SMILES string of the molecule is CC[C@H](C)[C@@H]1NC(=O)[C@H](CC(C)C)NC(=O)C2(CCN(C(=O)CN3CCN(CC=O)CCN(CC(=O)O)CCN(CC(=O)O)CC3)CC2)NC(=O)CCSCc2cccc(c2)CSCCNC1=O. The van der Waals surface area contributed by atoms with E-state index in [0.717, 1.165) is 23.2 Å². The van der Waals surface area contributed by atoms with E-state index in [9.17, 15) is 48.6 Å². The fraction of sp³-hybridized carbons (Fsp3) is 0.702. The maximum Gasteiger partial charge on any atom is 0.317 e. The molecule has 0 unspecified atom stereocenters. The number of thioether (sulfide) groups is 2. The fourth-order valence-corrected chi connectivity index (χ4v) is 10.3. The highest BCUT2D eigenvalue weighted by molar-refractivity contribution is 7.98. The molecule has 5 amide bonds. The number of nitrogens with one attached hydrogen (secondary N) is 4. The van der Waals surface area contributed by atoms with Crippen LogP contribution in [0.3, 0.4) is 0 Å². The number of carbonyl (C=O) groups is 8. The molecular weight excluding hydrogens is 915 g/mol. The highest BCUT2D eigenvalue weighted by Crippen LogP contribution is 2.26. The van der Waals surface area contributed by atoms with Gasteiger partial charge in [-0.25, -0.2) is 0 Å². The first-order chi connectivity index (χ1) is 32.5. The maximum atomic E-state index is 14.7. The molecule has 2 saturated heterocycles. The molecule has 3 atom stereocenters. The molecule has 3 heterocycles. The molecule has 3 aliphatic rings. The van der Waals surface area contributed by atoms with E-state index in [4.69, 9.17) is 0 Å². The Hall–Kier alpha value is -4.28. The highest BCUT2D eigenvalue weighted by Gasteiger charge is 2.45. The Bertz CT molecular complexity index is 1850. The lowest BCUT2D eigenvalue weighted by Gasteiger charge is -2.42. The maximum absolute atomic E-state index is 14.7. The van der Waals surface area contributed by atoms with Gasteiger partial charge < -0.3 is 41.2 Å². The lowest BCUT2D eigenvalue weighted by Crippen LogP contribution is -2.66. The van der Waals surface area contributed by atoms with Gasteiger partial charge in [0.25, 0.3) is 0 Å². The van der Waals surface area contributed by atoms with Gasteiger partial charge in [0.2, 0.25) is 29.5 Å². The van der Waals surface area contributed by atoms with Crippen LogP contribution in [0.1, 0.15) is 70.9 Å². The fourth-order valence-electron chi connectivity index (χ4n) is 8.56. The van der Waals surface area contributed by atoms with Crippen molar-refractivity contribution in [3.63, 3.8) is 0 Å². The summed E-state index contributed by atoms with van der Waals surface area (Å²) in [5, 5.41) is 31.1. The van der Waals surface area contributed by atoms with Crippen molar-refractivity contribution in [3.8, 4) is 0 Å². The van der Waals surface area contributed by atoms with Gasteiger partial charge in [0.15, 0.2) is 0 Å². The summed E-state index contributed by atoms with van der Waals surface area (Å²) in [6.07, 6.45) is 1.99. The van der Waals surface area contributed by atoms with Crippen LogP contribution in [0, 0.1) is 11.8 Å². The Morgan fingerprint density at radius 3 is 1.84 bits per heavy atom. The summed E-state index contributed by atoms with van der Waals surface area (Å²) in [4.78, 5) is 114.